The average Bonchev–Trinajstić information content (AvgIpc) is 3.17. The number of nitrogens with zero attached hydrogens (tertiary/aromatic N) is 5. The zero-order chi connectivity index (χ0) is 17.6. The molecule has 0 saturated carbocycles. The monoisotopic (exact) mass is 366 g/mol. The number of hydrogen-bond acceptors (Lipinski definition) is 6. The molecular weight excluding hydrogens is 336 g/mol. The summed E-state index contributed by atoms with van der Waals surface area (Å²) < 4.78 is 5.47. The normalized spacial score (nSPS) is 21.8. The van der Waals surface area contributed by atoms with Gasteiger partial charge in [-0.1, -0.05) is 13.8 Å². The van der Waals surface area contributed by atoms with Gasteiger partial charge in [-0.15, -0.1) is 11.3 Å². The van der Waals surface area contributed by atoms with Crippen molar-refractivity contribution in [2.45, 2.75) is 19.9 Å². The van der Waals surface area contributed by atoms with Crippen LogP contribution in [0.5, 0.6) is 0 Å². The van der Waals surface area contributed by atoms with Gasteiger partial charge in [-0.3, -0.25) is 9.89 Å². The van der Waals surface area contributed by atoms with Crippen LogP contribution in [0.3, 0.4) is 0 Å². The molecule has 140 valence electrons. The third-order valence-electron chi connectivity index (χ3n) is 5.02. The Morgan fingerprint density at radius 3 is 2.56 bits per heavy atom. The smallest absolute Gasteiger partial charge is 0.191 e. The first-order valence-electron chi connectivity index (χ1n) is 9.16. The standard InChI is InChI=1S/C17H30N6OS/c1-14(2)15(21-8-10-24-11-9-21)13-20-16(18)22-4-6-23(7-5-22)17-19-3-12-25-17/h3,12,14-15H,4-11,13H2,1-2H3,(H2,18,20). The number of morpholine rings is 1. The highest BCUT2D eigenvalue weighted by Crippen LogP contribution is 2.19. The van der Waals surface area contributed by atoms with Crippen LogP contribution in [-0.4, -0.2) is 85.8 Å². The number of piperazine rings is 1. The molecule has 8 heteroatoms. The average molecular weight is 367 g/mol. The molecule has 1 aromatic rings. The Morgan fingerprint density at radius 1 is 1.24 bits per heavy atom. The zero-order valence-corrected chi connectivity index (χ0v) is 16.1. The van der Waals surface area contributed by atoms with Crippen LogP contribution in [-0.2, 0) is 4.74 Å². The quantitative estimate of drug-likeness (QED) is 0.618. The zero-order valence-electron chi connectivity index (χ0n) is 15.3. The second-order valence-electron chi connectivity index (χ2n) is 6.95. The van der Waals surface area contributed by atoms with Gasteiger partial charge in [0.05, 0.1) is 19.8 Å². The molecule has 3 heterocycles. The van der Waals surface area contributed by atoms with Crippen LogP contribution in [0.1, 0.15) is 13.8 Å². The van der Waals surface area contributed by atoms with Crippen molar-refractivity contribution in [1.82, 2.24) is 14.8 Å². The van der Waals surface area contributed by atoms with E-state index in [1.54, 1.807) is 11.3 Å². The first kappa shape index (κ1) is 18.4. The van der Waals surface area contributed by atoms with Crippen molar-refractivity contribution >= 4 is 22.4 Å². The van der Waals surface area contributed by atoms with Crippen molar-refractivity contribution in [3.05, 3.63) is 11.6 Å². The summed E-state index contributed by atoms with van der Waals surface area (Å²) in [6.45, 7) is 12.6. The molecule has 2 N–H and O–H groups in total. The Balaban J connectivity index is 1.52. The molecule has 0 aromatic carbocycles. The van der Waals surface area contributed by atoms with Crippen molar-refractivity contribution in [3.63, 3.8) is 0 Å². The maximum atomic E-state index is 6.29. The van der Waals surface area contributed by atoms with Gasteiger partial charge in [0, 0.05) is 56.9 Å². The molecule has 1 aromatic heterocycles. The number of ether oxygens (including phenoxy) is 1. The molecular formula is C17H30N6OS. The SMILES string of the molecule is CC(C)C(CN=C(N)N1CCN(c2nccs2)CC1)N1CCOCC1. The number of guanidine groups is 1. The van der Waals surface area contributed by atoms with Gasteiger partial charge in [-0.05, 0) is 5.92 Å². The number of hydrogen-bond donors (Lipinski definition) is 1. The summed E-state index contributed by atoms with van der Waals surface area (Å²) >= 11 is 1.69. The van der Waals surface area contributed by atoms with Crippen molar-refractivity contribution < 1.29 is 4.74 Å². The number of thiazole rings is 1. The number of aliphatic imine (C=N–C) groups is 1. The largest absolute Gasteiger partial charge is 0.379 e. The van der Waals surface area contributed by atoms with E-state index in [0.717, 1.165) is 64.2 Å². The van der Waals surface area contributed by atoms with E-state index in [1.165, 1.54) is 0 Å². The summed E-state index contributed by atoms with van der Waals surface area (Å²) in [7, 11) is 0. The van der Waals surface area contributed by atoms with E-state index >= 15 is 0 Å². The summed E-state index contributed by atoms with van der Waals surface area (Å²) in [6, 6.07) is 0.430. The minimum absolute atomic E-state index is 0.430. The minimum Gasteiger partial charge on any atom is -0.379 e. The maximum Gasteiger partial charge on any atom is 0.191 e. The molecule has 25 heavy (non-hydrogen) atoms. The molecule has 0 spiro atoms. The van der Waals surface area contributed by atoms with Gasteiger partial charge in [0.15, 0.2) is 11.1 Å². The highest BCUT2D eigenvalue weighted by atomic mass is 32.1. The fourth-order valence-electron chi connectivity index (χ4n) is 3.44. The lowest BCUT2D eigenvalue weighted by Crippen LogP contribution is -2.52. The molecule has 3 rings (SSSR count). The predicted molar refractivity (Wildman–Crippen MR) is 103 cm³/mol. The second kappa shape index (κ2) is 8.82. The van der Waals surface area contributed by atoms with E-state index in [-0.39, 0.29) is 0 Å². The van der Waals surface area contributed by atoms with Crippen LogP contribution in [0.4, 0.5) is 5.13 Å². The summed E-state index contributed by atoms with van der Waals surface area (Å²) in [5.74, 6) is 1.23. The van der Waals surface area contributed by atoms with Crippen LogP contribution >= 0.6 is 11.3 Å². The molecule has 2 saturated heterocycles. The lowest BCUT2D eigenvalue weighted by Gasteiger charge is -2.37. The van der Waals surface area contributed by atoms with Gasteiger partial charge < -0.3 is 20.3 Å². The van der Waals surface area contributed by atoms with Crippen LogP contribution in [0.2, 0.25) is 0 Å². The lowest BCUT2D eigenvalue weighted by molar-refractivity contribution is 0.00864. The molecule has 2 aliphatic heterocycles. The molecule has 2 fully saturated rings. The van der Waals surface area contributed by atoms with Gasteiger partial charge in [-0.25, -0.2) is 4.98 Å². The molecule has 0 bridgehead atoms. The van der Waals surface area contributed by atoms with Gasteiger partial charge in [0.1, 0.15) is 0 Å². The molecule has 2 aliphatic rings. The molecule has 0 aliphatic carbocycles. The van der Waals surface area contributed by atoms with Crippen LogP contribution in [0, 0.1) is 5.92 Å². The molecule has 0 amide bonds. The van der Waals surface area contributed by atoms with E-state index < -0.39 is 0 Å². The fourth-order valence-corrected chi connectivity index (χ4v) is 4.14. The Bertz CT molecular complexity index is 535. The molecule has 1 unspecified atom stereocenters. The Kier molecular flexibility index (Phi) is 6.50. The van der Waals surface area contributed by atoms with E-state index in [9.17, 15) is 0 Å². The lowest BCUT2D eigenvalue weighted by atomic mass is 10.0. The number of anilines is 1. The first-order valence-corrected chi connectivity index (χ1v) is 10.0. The number of rotatable bonds is 5. The predicted octanol–water partition coefficient (Wildman–Crippen LogP) is 0.937. The second-order valence-corrected chi connectivity index (χ2v) is 7.82. The van der Waals surface area contributed by atoms with E-state index in [4.69, 9.17) is 15.5 Å². The van der Waals surface area contributed by atoms with Crippen LogP contribution in [0.25, 0.3) is 0 Å². The van der Waals surface area contributed by atoms with E-state index in [1.807, 2.05) is 11.6 Å². The highest BCUT2D eigenvalue weighted by molar-refractivity contribution is 7.13. The van der Waals surface area contributed by atoms with Crippen molar-refractivity contribution in [1.29, 1.82) is 0 Å². The summed E-state index contributed by atoms with van der Waals surface area (Å²) in [5, 5.41) is 3.12. The third-order valence-corrected chi connectivity index (χ3v) is 5.85. The van der Waals surface area contributed by atoms with Crippen molar-refractivity contribution in [2.24, 2.45) is 16.6 Å². The minimum atomic E-state index is 0.430. The van der Waals surface area contributed by atoms with Gasteiger partial charge in [0.2, 0.25) is 0 Å². The number of aromatic nitrogens is 1. The van der Waals surface area contributed by atoms with Gasteiger partial charge >= 0.3 is 0 Å². The third kappa shape index (κ3) is 4.83. The molecule has 1 atom stereocenters. The summed E-state index contributed by atoms with van der Waals surface area (Å²) in [6.07, 6.45) is 1.86. The summed E-state index contributed by atoms with van der Waals surface area (Å²) in [5.41, 5.74) is 6.29. The fraction of sp³-hybridized carbons (Fsp3) is 0.765. The Morgan fingerprint density at radius 2 is 1.96 bits per heavy atom. The Labute approximate surface area is 154 Å². The van der Waals surface area contributed by atoms with Crippen molar-refractivity contribution in [3.8, 4) is 0 Å². The summed E-state index contributed by atoms with van der Waals surface area (Å²) in [4.78, 5) is 16.1. The Hall–Kier alpha value is -1.38. The van der Waals surface area contributed by atoms with Gasteiger partial charge in [0.25, 0.3) is 0 Å². The van der Waals surface area contributed by atoms with Crippen LogP contribution in [0.15, 0.2) is 16.6 Å². The van der Waals surface area contributed by atoms with Crippen LogP contribution < -0.4 is 10.6 Å². The van der Waals surface area contributed by atoms with Gasteiger partial charge in [-0.2, -0.15) is 0 Å². The highest BCUT2D eigenvalue weighted by Gasteiger charge is 2.24. The van der Waals surface area contributed by atoms with Crippen molar-refractivity contribution in [2.75, 3.05) is 63.9 Å². The topological polar surface area (TPSA) is 70.2 Å². The maximum absolute atomic E-state index is 6.29. The first-order chi connectivity index (χ1) is 12.1. The number of nitrogens with two attached hydrogens (primary N) is 1. The molecule has 0 radical (unpaired) electrons. The molecule has 7 nitrogen and oxygen atoms in total. The van der Waals surface area contributed by atoms with E-state index in [0.29, 0.717) is 17.9 Å². The van der Waals surface area contributed by atoms with E-state index in [2.05, 4.69) is 33.5 Å².